The van der Waals surface area contributed by atoms with E-state index in [-0.39, 0.29) is 5.91 Å². The standard InChI is InChI=1S/C17H21NO2S/c1-12(2)21-16-8-6-5-7-15(16)17(19)18(4)11-14-10-9-13(3)20-14/h5-10,12H,11H2,1-4H3. The molecule has 1 heterocycles. The Balaban J connectivity index is 2.15. The second-order valence-electron chi connectivity index (χ2n) is 5.34. The van der Waals surface area contributed by atoms with E-state index >= 15 is 0 Å². The minimum absolute atomic E-state index is 0.0211. The van der Waals surface area contributed by atoms with Gasteiger partial charge in [-0.2, -0.15) is 0 Å². The Morgan fingerprint density at radius 3 is 2.57 bits per heavy atom. The summed E-state index contributed by atoms with van der Waals surface area (Å²) in [5.74, 6) is 1.69. The highest BCUT2D eigenvalue weighted by Gasteiger charge is 2.17. The zero-order valence-corrected chi connectivity index (χ0v) is 13.7. The molecule has 3 nitrogen and oxygen atoms in total. The van der Waals surface area contributed by atoms with Gasteiger partial charge in [-0.05, 0) is 31.2 Å². The molecule has 0 aliphatic rings. The molecular weight excluding hydrogens is 282 g/mol. The van der Waals surface area contributed by atoms with Gasteiger partial charge in [0.2, 0.25) is 0 Å². The van der Waals surface area contributed by atoms with Crippen molar-refractivity contribution in [2.75, 3.05) is 7.05 Å². The lowest BCUT2D eigenvalue weighted by Crippen LogP contribution is -2.26. The third kappa shape index (κ3) is 4.14. The first-order valence-electron chi connectivity index (χ1n) is 7.04. The van der Waals surface area contributed by atoms with Crippen LogP contribution in [0.25, 0.3) is 0 Å². The smallest absolute Gasteiger partial charge is 0.255 e. The molecule has 21 heavy (non-hydrogen) atoms. The zero-order chi connectivity index (χ0) is 15.4. The fourth-order valence-corrected chi connectivity index (χ4v) is 3.03. The largest absolute Gasteiger partial charge is 0.464 e. The summed E-state index contributed by atoms with van der Waals surface area (Å²) in [4.78, 5) is 15.3. The van der Waals surface area contributed by atoms with E-state index in [9.17, 15) is 4.79 Å². The van der Waals surface area contributed by atoms with Gasteiger partial charge in [0.05, 0.1) is 12.1 Å². The summed E-state index contributed by atoms with van der Waals surface area (Å²) < 4.78 is 5.54. The number of carbonyl (C=O) groups is 1. The average molecular weight is 303 g/mol. The molecule has 4 heteroatoms. The van der Waals surface area contributed by atoms with E-state index in [2.05, 4.69) is 13.8 Å². The van der Waals surface area contributed by atoms with Crippen molar-refractivity contribution in [3.8, 4) is 0 Å². The Hall–Kier alpha value is -1.68. The van der Waals surface area contributed by atoms with Crippen LogP contribution in [0.1, 0.15) is 35.7 Å². The molecule has 1 aromatic carbocycles. The van der Waals surface area contributed by atoms with Crippen LogP contribution in [0.2, 0.25) is 0 Å². The molecule has 0 saturated carbocycles. The number of nitrogens with zero attached hydrogens (tertiary/aromatic N) is 1. The van der Waals surface area contributed by atoms with Crippen molar-refractivity contribution < 1.29 is 9.21 Å². The quantitative estimate of drug-likeness (QED) is 0.769. The van der Waals surface area contributed by atoms with Gasteiger partial charge in [-0.3, -0.25) is 4.79 Å². The zero-order valence-electron chi connectivity index (χ0n) is 12.9. The highest BCUT2D eigenvalue weighted by Crippen LogP contribution is 2.27. The lowest BCUT2D eigenvalue weighted by atomic mass is 10.2. The van der Waals surface area contributed by atoms with Crippen LogP contribution < -0.4 is 0 Å². The molecule has 112 valence electrons. The number of rotatable bonds is 5. The van der Waals surface area contributed by atoms with Gasteiger partial charge in [0.25, 0.3) is 5.91 Å². The van der Waals surface area contributed by atoms with Crippen molar-refractivity contribution in [1.29, 1.82) is 0 Å². The van der Waals surface area contributed by atoms with Crippen LogP contribution in [0.5, 0.6) is 0 Å². The predicted molar refractivity (Wildman–Crippen MR) is 86.7 cm³/mol. The topological polar surface area (TPSA) is 33.5 Å². The number of hydrogen-bond donors (Lipinski definition) is 0. The van der Waals surface area contributed by atoms with Gasteiger partial charge in [0, 0.05) is 17.2 Å². The number of hydrogen-bond acceptors (Lipinski definition) is 3. The van der Waals surface area contributed by atoms with Crippen LogP contribution in [-0.2, 0) is 6.54 Å². The molecular formula is C17H21NO2S. The van der Waals surface area contributed by atoms with Gasteiger partial charge in [-0.25, -0.2) is 0 Å². The third-order valence-electron chi connectivity index (χ3n) is 3.02. The van der Waals surface area contributed by atoms with Crippen LogP contribution in [0.3, 0.4) is 0 Å². The fourth-order valence-electron chi connectivity index (χ4n) is 2.08. The highest BCUT2D eigenvalue weighted by atomic mass is 32.2. The third-order valence-corrected chi connectivity index (χ3v) is 4.10. The average Bonchev–Trinajstić information content (AvgIpc) is 2.83. The molecule has 0 spiro atoms. The Morgan fingerprint density at radius 1 is 1.24 bits per heavy atom. The van der Waals surface area contributed by atoms with E-state index < -0.39 is 0 Å². The lowest BCUT2D eigenvalue weighted by molar-refractivity contribution is 0.0771. The predicted octanol–water partition coefficient (Wildman–Crippen LogP) is 4.36. The summed E-state index contributed by atoms with van der Waals surface area (Å²) in [6.45, 7) is 6.63. The van der Waals surface area contributed by atoms with Crippen LogP contribution in [-0.4, -0.2) is 23.1 Å². The lowest BCUT2D eigenvalue weighted by Gasteiger charge is -2.18. The molecule has 0 fully saturated rings. The van der Waals surface area contributed by atoms with Crippen LogP contribution in [0, 0.1) is 6.92 Å². The Labute approximate surface area is 130 Å². The van der Waals surface area contributed by atoms with Gasteiger partial charge >= 0.3 is 0 Å². The maximum atomic E-state index is 12.6. The van der Waals surface area contributed by atoms with Gasteiger partial charge in [-0.1, -0.05) is 26.0 Å². The maximum Gasteiger partial charge on any atom is 0.255 e. The van der Waals surface area contributed by atoms with Crippen molar-refractivity contribution in [2.24, 2.45) is 0 Å². The van der Waals surface area contributed by atoms with Crippen LogP contribution in [0.4, 0.5) is 0 Å². The minimum atomic E-state index is 0.0211. The molecule has 0 atom stereocenters. The molecule has 0 N–H and O–H groups in total. The summed E-state index contributed by atoms with van der Waals surface area (Å²) in [7, 11) is 1.80. The number of furan rings is 1. The fraction of sp³-hybridized carbons (Fsp3) is 0.353. The van der Waals surface area contributed by atoms with E-state index in [1.54, 1.807) is 23.7 Å². The van der Waals surface area contributed by atoms with Crippen molar-refractivity contribution in [2.45, 2.75) is 37.5 Å². The first kappa shape index (κ1) is 15.7. The molecule has 1 aromatic heterocycles. The Bertz CT molecular complexity index is 619. The maximum absolute atomic E-state index is 12.6. The van der Waals surface area contributed by atoms with E-state index in [0.717, 1.165) is 22.0 Å². The second-order valence-corrected chi connectivity index (χ2v) is 6.95. The molecule has 0 saturated heterocycles. The summed E-state index contributed by atoms with van der Waals surface area (Å²) in [6, 6.07) is 11.6. The summed E-state index contributed by atoms with van der Waals surface area (Å²) in [5, 5.41) is 0.442. The Kier molecular flexibility index (Phi) is 5.12. The van der Waals surface area contributed by atoms with Crippen molar-refractivity contribution >= 4 is 17.7 Å². The molecule has 0 aliphatic heterocycles. The van der Waals surface area contributed by atoms with Crippen LogP contribution >= 0.6 is 11.8 Å². The van der Waals surface area contributed by atoms with Gasteiger partial charge in [0.1, 0.15) is 11.5 Å². The van der Waals surface area contributed by atoms with Gasteiger partial charge in [-0.15, -0.1) is 11.8 Å². The molecule has 2 aromatic rings. The van der Waals surface area contributed by atoms with E-state index in [0.29, 0.717) is 11.8 Å². The van der Waals surface area contributed by atoms with Crippen molar-refractivity contribution in [1.82, 2.24) is 4.90 Å². The first-order valence-corrected chi connectivity index (χ1v) is 7.92. The number of carbonyl (C=O) groups excluding carboxylic acids is 1. The molecule has 0 radical (unpaired) electrons. The van der Waals surface area contributed by atoms with Gasteiger partial charge in [0.15, 0.2) is 0 Å². The SMILES string of the molecule is Cc1ccc(CN(C)C(=O)c2ccccc2SC(C)C)o1. The second kappa shape index (κ2) is 6.85. The number of thioether (sulfide) groups is 1. The Morgan fingerprint density at radius 2 is 1.95 bits per heavy atom. The normalized spacial score (nSPS) is 10.9. The van der Waals surface area contributed by atoms with Crippen molar-refractivity contribution in [3.05, 3.63) is 53.5 Å². The van der Waals surface area contributed by atoms with E-state index in [1.165, 1.54) is 0 Å². The van der Waals surface area contributed by atoms with Crippen LogP contribution in [0.15, 0.2) is 45.7 Å². The van der Waals surface area contributed by atoms with E-state index in [1.807, 2.05) is 43.3 Å². The number of aryl methyl sites for hydroxylation is 1. The summed E-state index contributed by atoms with van der Waals surface area (Å²) in [6.07, 6.45) is 0. The van der Waals surface area contributed by atoms with Gasteiger partial charge < -0.3 is 9.32 Å². The summed E-state index contributed by atoms with van der Waals surface area (Å²) >= 11 is 1.71. The first-order chi connectivity index (χ1) is 9.97. The minimum Gasteiger partial charge on any atom is -0.464 e. The summed E-state index contributed by atoms with van der Waals surface area (Å²) in [5.41, 5.74) is 0.752. The van der Waals surface area contributed by atoms with Crippen molar-refractivity contribution in [3.63, 3.8) is 0 Å². The monoisotopic (exact) mass is 303 g/mol. The molecule has 0 unspecified atom stereocenters. The molecule has 2 rings (SSSR count). The molecule has 1 amide bonds. The van der Waals surface area contributed by atoms with E-state index in [4.69, 9.17) is 4.42 Å². The number of benzene rings is 1. The molecule has 0 bridgehead atoms. The highest BCUT2D eigenvalue weighted by molar-refractivity contribution is 8.00. The number of amides is 1. The molecule has 0 aliphatic carbocycles.